The van der Waals surface area contributed by atoms with Crippen LogP contribution < -0.4 is 0 Å². The normalized spacial score (nSPS) is 10.9. The molecule has 41 heavy (non-hydrogen) atoms. The van der Waals surface area contributed by atoms with Crippen molar-refractivity contribution >= 4 is 44.3 Å². The molecule has 4 N–H and O–H groups in total. The van der Waals surface area contributed by atoms with Crippen LogP contribution in [0, 0.1) is 0 Å². The van der Waals surface area contributed by atoms with Crippen molar-refractivity contribution in [3.63, 3.8) is 0 Å². The molecule has 6 aromatic rings. The summed E-state index contributed by atoms with van der Waals surface area (Å²) in [5.41, 5.74) is 1.51. The van der Waals surface area contributed by atoms with Crippen LogP contribution in [-0.4, -0.2) is 20.4 Å². The SMILES string of the molecule is Oc1ccccc1N=Nc1c(O)ccc2ccccc12.Oc1ccccc1N=Nc1c(O)ccc2ccccc12.[Co]. The molecule has 1 radical (unpaired) electrons. The molecule has 0 spiro atoms. The first-order chi connectivity index (χ1) is 19.5. The summed E-state index contributed by atoms with van der Waals surface area (Å²) in [6, 6.07) is 35.4. The molecule has 0 saturated carbocycles. The summed E-state index contributed by atoms with van der Waals surface area (Å²) in [4.78, 5) is 0. The third-order valence-corrected chi connectivity index (χ3v) is 6.04. The van der Waals surface area contributed by atoms with Gasteiger partial charge in [-0.3, -0.25) is 0 Å². The maximum absolute atomic E-state index is 9.94. The fraction of sp³-hybridized carbons (Fsp3) is 0. The number of rotatable bonds is 4. The van der Waals surface area contributed by atoms with E-state index in [2.05, 4.69) is 20.5 Å². The summed E-state index contributed by atoms with van der Waals surface area (Å²) in [5, 5.41) is 58.9. The number of para-hydroxylation sites is 2. The molecule has 0 saturated heterocycles. The van der Waals surface area contributed by atoms with E-state index in [0.717, 1.165) is 21.5 Å². The van der Waals surface area contributed by atoms with Crippen molar-refractivity contribution < 1.29 is 37.2 Å². The zero-order valence-electron chi connectivity index (χ0n) is 21.5. The zero-order valence-corrected chi connectivity index (χ0v) is 22.5. The van der Waals surface area contributed by atoms with Crippen LogP contribution in [0.1, 0.15) is 0 Å². The van der Waals surface area contributed by atoms with Crippen molar-refractivity contribution in [2.75, 3.05) is 0 Å². The largest absolute Gasteiger partial charge is 0.506 e. The summed E-state index contributed by atoms with van der Waals surface area (Å²) in [7, 11) is 0. The first-order valence-electron chi connectivity index (χ1n) is 12.3. The minimum absolute atomic E-state index is 0. The second-order valence-corrected chi connectivity index (χ2v) is 8.69. The fourth-order valence-corrected chi connectivity index (χ4v) is 4.00. The third-order valence-electron chi connectivity index (χ3n) is 6.04. The molecular formula is C32H24CoN4O4. The summed E-state index contributed by atoms with van der Waals surface area (Å²) in [5.74, 6) is 0.220. The number of phenolic OH excluding ortho intramolecular Hbond substituents is 4. The van der Waals surface area contributed by atoms with E-state index < -0.39 is 0 Å². The van der Waals surface area contributed by atoms with Crippen LogP contribution in [0.2, 0.25) is 0 Å². The Hall–Kier alpha value is -5.25. The van der Waals surface area contributed by atoms with E-state index in [9.17, 15) is 20.4 Å². The molecule has 205 valence electrons. The molecule has 0 aliphatic rings. The summed E-state index contributed by atoms with van der Waals surface area (Å²) in [6.45, 7) is 0. The molecule has 0 aliphatic heterocycles. The monoisotopic (exact) mass is 587 g/mol. The molecule has 0 bridgehead atoms. The molecule has 6 rings (SSSR count). The van der Waals surface area contributed by atoms with Crippen LogP contribution in [0.5, 0.6) is 23.0 Å². The van der Waals surface area contributed by atoms with Crippen molar-refractivity contribution in [3.8, 4) is 23.0 Å². The predicted molar refractivity (Wildman–Crippen MR) is 156 cm³/mol. The average molecular weight is 588 g/mol. The standard InChI is InChI=1S/2C16H12N2O2.Co/c2*19-14-8-4-3-7-13(14)17-18-16-12-6-2-1-5-11(12)9-10-15(16)20;/h2*1-10,19-20H;. The van der Waals surface area contributed by atoms with Crippen LogP contribution in [0.25, 0.3) is 21.5 Å². The number of benzene rings is 6. The van der Waals surface area contributed by atoms with E-state index in [4.69, 9.17) is 0 Å². The molecule has 9 heteroatoms. The second-order valence-electron chi connectivity index (χ2n) is 8.69. The van der Waals surface area contributed by atoms with Gasteiger partial charge in [0.1, 0.15) is 45.7 Å². The van der Waals surface area contributed by atoms with E-state index in [0.29, 0.717) is 22.7 Å². The molecule has 0 unspecified atom stereocenters. The van der Waals surface area contributed by atoms with Gasteiger partial charge >= 0.3 is 0 Å². The maximum atomic E-state index is 9.94. The number of fused-ring (bicyclic) bond motifs is 2. The van der Waals surface area contributed by atoms with Gasteiger partial charge in [0, 0.05) is 27.6 Å². The van der Waals surface area contributed by atoms with E-state index in [-0.39, 0.29) is 39.8 Å². The van der Waals surface area contributed by atoms with Crippen molar-refractivity contribution in [1.29, 1.82) is 0 Å². The first kappa shape index (κ1) is 28.7. The number of phenols is 4. The minimum Gasteiger partial charge on any atom is -0.506 e. The summed E-state index contributed by atoms with van der Waals surface area (Å²) < 4.78 is 0. The van der Waals surface area contributed by atoms with Gasteiger partial charge in [0.2, 0.25) is 0 Å². The van der Waals surface area contributed by atoms with Gasteiger partial charge in [-0.15, -0.1) is 20.5 Å². The quantitative estimate of drug-likeness (QED) is 0.153. The van der Waals surface area contributed by atoms with Crippen LogP contribution in [0.4, 0.5) is 22.7 Å². The zero-order chi connectivity index (χ0) is 27.9. The van der Waals surface area contributed by atoms with E-state index in [1.165, 1.54) is 12.1 Å². The van der Waals surface area contributed by atoms with Crippen LogP contribution in [-0.2, 0) is 16.8 Å². The number of azo groups is 2. The molecule has 0 aliphatic carbocycles. The average Bonchev–Trinajstić information content (AvgIpc) is 2.98. The molecule has 0 amide bonds. The Morgan fingerprint density at radius 1 is 0.341 bits per heavy atom. The molecular weight excluding hydrogens is 563 g/mol. The Balaban J connectivity index is 0.000000184. The van der Waals surface area contributed by atoms with Crippen molar-refractivity contribution in [3.05, 3.63) is 121 Å². The summed E-state index contributed by atoms with van der Waals surface area (Å²) >= 11 is 0. The molecule has 0 heterocycles. The Kier molecular flexibility index (Phi) is 9.26. The summed E-state index contributed by atoms with van der Waals surface area (Å²) in [6.07, 6.45) is 0. The van der Waals surface area contributed by atoms with Crippen LogP contribution in [0.15, 0.2) is 142 Å². The topological polar surface area (TPSA) is 130 Å². The first-order valence-corrected chi connectivity index (χ1v) is 12.3. The second kappa shape index (κ2) is 13.2. The molecule has 0 fully saturated rings. The van der Waals surface area contributed by atoms with Gasteiger partial charge in [0.05, 0.1) is 0 Å². The predicted octanol–water partition coefficient (Wildman–Crippen LogP) is 9.33. The smallest absolute Gasteiger partial charge is 0.143 e. The van der Waals surface area contributed by atoms with E-state index in [1.807, 2.05) is 60.7 Å². The van der Waals surface area contributed by atoms with E-state index in [1.54, 1.807) is 48.5 Å². The maximum Gasteiger partial charge on any atom is 0.143 e. The Labute approximate surface area is 245 Å². The van der Waals surface area contributed by atoms with E-state index >= 15 is 0 Å². The van der Waals surface area contributed by atoms with Gasteiger partial charge in [-0.2, -0.15) is 0 Å². The van der Waals surface area contributed by atoms with Gasteiger partial charge in [-0.1, -0.05) is 84.9 Å². The fourth-order valence-electron chi connectivity index (χ4n) is 4.00. The van der Waals surface area contributed by atoms with Gasteiger partial charge in [0.25, 0.3) is 0 Å². The van der Waals surface area contributed by atoms with Gasteiger partial charge in [0.15, 0.2) is 0 Å². The van der Waals surface area contributed by atoms with Crippen molar-refractivity contribution in [2.24, 2.45) is 20.5 Å². The van der Waals surface area contributed by atoms with Crippen LogP contribution in [0.3, 0.4) is 0 Å². The van der Waals surface area contributed by atoms with Gasteiger partial charge in [-0.05, 0) is 47.2 Å². The Morgan fingerprint density at radius 2 is 0.707 bits per heavy atom. The Bertz CT molecular complexity index is 1740. The third kappa shape index (κ3) is 6.67. The number of aromatic hydroxyl groups is 4. The van der Waals surface area contributed by atoms with Gasteiger partial charge in [-0.25, -0.2) is 0 Å². The molecule has 0 atom stereocenters. The Morgan fingerprint density at radius 3 is 1.12 bits per heavy atom. The molecule has 0 aromatic heterocycles. The minimum atomic E-state index is 0. The van der Waals surface area contributed by atoms with Gasteiger partial charge < -0.3 is 20.4 Å². The van der Waals surface area contributed by atoms with Crippen molar-refractivity contribution in [2.45, 2.75) is 0 Å². The number of hydrogen-bond donors (Lipinski definition) is 4. The number of nitrogens with zero attached hydrogens (tertiary/aromatic N) is 4. The molecule has 6 aromatic carbocycles. The van der Waals surface area contributed by atoms with Crippen molar-refractivity contribution in [1.82, 2.24) is 0 Å². The number of hydrogen-bond acceptors (Lipinski definition) is 8. The van der Waals surface area contributed by atoms with Crippen LogP contribution >= 0.6 is 0 Å². The molecule has 8 nitrogen and oxygen atoms in total.